The molecular formula is C10H6F12O. The van der Waals surface area contributed by atoms with Crippen molar-refractivity contribution in [2.24, 2.45) is 0 Å². The van der Waals surface area contributed by atoms with Crippen LogP contribution in [0.25, 0.3) is 0 Å². The Morgan fingerprint density at radius 1 is 0.522 bits per heavy atom. The fraction of sp³-hybridized carbons (Fsp3) is 0.600. The van der Waals surface area contributed by atoms with Crippen molar-refractivity contribution in [3.63, 3.8) is 0 Å². The summed E-state index contributed by atoms with van der Waals surface area (Å²) in [6, 6.07) is 0. The van der Waals surface area contributed by atoms with Crippen molar-refractivity contribution in [1.82, 2.24) is 0 Å². The Labute approximate surface area is 120 Å². The van der Waals surface area contributed by atoms with Gasteiger partial charge in [-0.3, -0.25) is 0 Å². The highest BCUT2D eigenvalue weighted by atomic mass is 19.4. The van der Waals surface area contributed by atoms with Crippen molar-refractivity contribution in [3.8, 4) is 0 Å². The van der Waals surface area contributed by atoms with Crippen LogP contribution in [0, 0.1) is 0 Å². The van der Waals surface area contributed by atoms with E-state index in [0.29, 0.717) is 0 Å². The first-order valence-electron chi connectivity index (χ1n) is 5.24. The van der Waals surface area contributed by atoms with Gasteiger partial charge >= 0.3 is 24.7 Å². The molecule has 0 bridgehead atoms. The van der Waals surface area contributed by atoms with Crippen LogP contribution in [0.4, 0.5) is 52.7 Å². The van der Waals surface area contributed by atoms with Crippen LogP contribution in [0.5, 0.6) is 0 Å². The molecule has 0 aromatic heterocycles. The Bertz CT molecular complexity index is 370. The van der Waals surface area contributed by atoms with Crippen molar-refractivity contribution in [2.45, 2.75) is 24.7 Å². The van der Waals surface area contributed by atoms with Gasteiger partial charge in [0, 0.05) is 0 Å². The van der Waals surface area contributed by atoms with Gasteiger partial charge < -0.3 is 4.74 Å². The van der Waals surface area contributed by atoms with Crippen molar-refractivity contribution < 1.29 is 57.4 Å². The van der Waals surface area contributed by atoms with Crippen LogP contribution in [-0.4, -0.2) is 37.9 Å². The van der Waals surface area contributed by atoms with Crippen molar-refractivity contribution in [1.29, 1.82) is 0 Å². The van der Waals surface area contributed by atoms with E-state index in [4.69, 9.17) is 0 Å². The first-order valence-corrected chi connectivity index (χ1v) is 5.24. The molecule has 1 nitrogen and oxygen atoms in total. The van der Waals surface area contributed by atoms with E-state index < -0.39 is 61.2 Å². The van der Waals surface area contributed by atoms with Crippen LogP contribution in [0.3, 0.4) is 0 Å². The van der Waals surface area contributed by atoms with E-state index in [9.17, 15) is 52.7 Å². The SMILES string of the molecule is FC(F)(F)C(=CCOCC=C(C(F)(F)F)C(F)(F)F)C(F)(F)F. The van der Waals surface area contributed by atoms with Gasteiger partial charge in [0.05, 0.1) is 13.2 Å². The molecule has 0 amide bonds. The third kappa shape index (κ3) is 7.61. The van der Waals surface area contributed by atoms with Gasteiger partial charge in [0.15, 0.2) is 0 Å². The Morgan fingerprint density at radius 2 is 0.739 bits per heavy atom. The molecule has 0 aliphatic rings. The minimum absolute atomic E-state index is 0.533. The number of halogens is 12. The Hall–Kier alpha value is -1.40. The van der Waals surface area contributed by atoms with Crippen LogP contribution >= 0.6 is 0 Å². The van der Waals surface area contributed by atoms with E-state index in [0.717, 1.165) is 0 Å². The van der Waals surface area contributed by atoms with E-state index in [1.807, 2.05) is 0 Å². The third-order valence-electron chi connectivity index (χ3n) is 2.03. The lowest BCUT2D eigenvalue weighted by Crippen LogP contribution is -2.27. The molecule has 0 fully saturated rings. The molecule has 0 atom stereocenters. The van der Waals surface area contributed by atoms with Crippen LogP contribution in [0.2, 0.25) is 0 Å². The smallest absolute Gasteiger partial charge is 0.373 e. The van der Waals surface area contributed by atoms with E-state index in [2.05, 4.69) is 4.74 Å². The second-order valence-electron chi connectivity index (χ2n) is 3.76. The fourth-order valence-corrected chi connectivity index (χ4v) is 1.14. The molecule has 0 radical (unpaired) electrons. The molecule has 0 aliphatic carbocycles. The summed E-state index contributed by atoms with van der Waals surface area (Å²) in [5.41, 5.74) is -5.97. The summed E-state index contributed by atoms with van der Waals surface area (Å²) in [4.78, 5) is 0. The number of ether oxygens (including phenoxy) is 1. The van der Waals surface area contributed by atoms with Gasteiger partial charge in [-0.2, -0.15) is 52.7 Å². The molecule has 0 aromatic rings. The summed E-state index contributed by atoms with van der Waals surface area (Å²) in [7, 11) is 0. The number of rotatable bonds is 4. The Kier molecular flexibility index (Phi) is 6.58. The lowest BCUT2D eigenvalue weighted by Gasteiger charge is -2.15. The number of allylic oxidation sites excluding steroid dienone is 2. The van der Waals surface area contributed by atoms with Gasteiger partial charge in [0.25, 0.3) is 0 Å². The van der Waals surface area contributed by atoms with Gasteiger partial charge in [-0.05, 0) is 12.2 Å². The van der Waals surface area contributed by atoms with E-state index in [-0.39, 0.29) is 0 Å². The largest absolute Gasteiger partial charge is 0.421 e. The van der Waals surface area contributed by atoms with Gasteiger partial charge in [0.1, 0.15) is 11.1 Å². The van der Waals surface area contributed by atoms with Gasteiger partial charge in [0.2, 0.25) is 0 Å². The van der Waals surface area contributed by atoms with Gasteiger partial charge in [-0.15, -0.1) is 0 Å². The summed E-state index contributed by atoms with van der Waals surface area (Å²) >= 11 is 0. The summed E-state index contributed by atoms with van der Waals surface area (Å²) in [5, 5.41) is 0. The van der Waals surface area contributed by atoms with E-state index >= 15 is 0 Å². The maximum absolute atomic E-state index is 12.0. The highest BCUT2D eigenvalue weighted by Gasteiger charge is 2.51. The quantitative estimate of drug-likeness (QED) is 0.380. The molecule has 0 spiro atoms. The highest BCUT2D eigenvalue weighted by molar-refractivity contribution is 5.16. The molecule has 0 saturated carbocycles. The first-order chi connectivity index (χ1) is 9.97. The lowest BCUT2D eigenvalue weighted by atomic mass is 10.2. The molecule has 0 saturated heterocycles. The molecule has 23 heavy (non-hydrogen) atoms. The molecule has 0 aliphatic heterocycles. The zero-order valence-electron chi connectivity index (χ0n) is 10.5. The molecule has 0 rings (SSSR count). The standard InChI is InChI=1S/C10H6F12O/c11-7(12,13)5(8(14,15)16)1-3-23-4-2-6(9(17,18)19)10(20,21)22/h1-2H,3-4H2. The van der Waals surface area contributed by atoms with Crippen LogP contribution in [0.15, 0.2) is 23.3 Å². The fourth-order valence-electron chi connectivity index (χ4n) is 1.14. The molecule has 0 aromatic carbocycles. The third-order valence-corrected chi connectivity index (χ3v) is 2.03. The Morgan fingerprint density at radius 3 is 0.913 bits per heavy atom. The monoisotopic (exact) mass is 370 g/mol. The maximum Gasteiger partial charge on any atom is 0.421 e. The molecule has 0 unspecified atom stereocenters. The molecule has 0 N–H and O–H groups in total. The predicted molar refractivity (Wildman–Crippen MR) is 51.2 cm³/mol. The van der Waals surface area contributed by atoms with Gasteiger partial charge in [-0.25, -0.2) is 0 Å². The van der Waals surface area contributed by atoms with Crippen LogP contribution < -0.4 is 0 Å². The molecule has 136 valence electrons. The normalized spacial score (nSPS) is 13.7. The van der Waals surface area contributed by atoms with E-state index in [1.54, 1.807) is 0 Å². The minimum atomic E-state index is -5.81. The Balaban J connectivity index is 4.95. The minimum Gasteiger partial charge on any atom is -0.373 e. The average Bonchev–Trinajstić information content (AvgIpc) is 2.19. The van der Waals surface area contributed by atoms with Crippen molar-refractivity contribution in [3.05, 3.63) is 23.3 Å². The second-order valence-corrected chi connectivity index (χ2v) is 3.76. The highest BCUT2D eigenvalue weighted by Crippen LogP contribution is 2.39. The second kappa shape index (κ2) is 7.01. The summed E-state index contributed by atoms with van der Waals surface area (Å²) in [6.07, 6.45) is -24.3. The predicted octanol–water partition coefficient (Wildman–Crippen LogP) is 5.11. The van der Waals surface area contributed by atoms with Crippen molar-refractivity contribution in [2.75, 3.05) is 13.2 Å². The molecule has 0 heterocycles. The number of hydrogen-bond donors (Lipinski definition) is 0. The average molecular weight is 370 g/mol. The van der Waals surface area contributed by atoms with Crippen molar-refractivity contribution >= 4 is 0 Å². The van der Waals surface area contributed by atoms with E-state index in [1.165, 1.54) is 0 Å². The lowest BCUT2D eigenvalue weighted by molar-refractivity contribution is -0.173. The number of hydrogen-bond acceptors (Lipinski definition) is 1. The summed E-state index contributed by atoms with van der Waals surface area (Å²) in [6.45, 7) is -2.98. The summed E-state index contributed by atoms with van der Waals surface area (Å²) in [5.74, 6) is 0. The zero-order chi connectivity index (χ0) is 18.7. The zero-order valence-corrected chi connectivity index (χ0v) is 10.5. The van der Waals surface area contributed by atoms with Crippen LogP contribution in [-0.2, 0) is 4.74 Å². The maximum atomic E-state index is 12.0. The number of alkyl halides is 12. The topological polar surface area (TPSA) is 9.23 Å². The molecule has 13 heteroatoms. The van der Waals surface area contributed by atoms with Gasteiger partial charge in [-0.1, -0.05) is 0 Å². The summed E-state index contributed by atoms with van der Waals surface area (Å²) < 4.78 is 148. The molecular weight excluding hydrogens is 364 g/mol. The first kappa shape index (κ1) is 21.6. The van der Waals surface area contributed by atoms with Crippen LogP contribution in [0.1, 0.15) is 0 Å².